The van der Waals surface area contributed by atoms with Gasteiger partial charge in [0.05, 0.1) is 5.69 Å². The summed E-state index contributed by atoms with van der Waals surface area (Å²) in [6, 6.07) is 15.5. The van der Waals surface area contributed by atoms with Gasteiger partial charge in [-0.3, -0.25) is 4.79 Å². The van der Waals surface area contributed by atoms with Crippen molar-refractivity contribution < 1.29 is 18.0 Å². The van der Waals surface area contributed by atoms with E-state index in [1.807, 2.05) is 33.2 Å². The topological polar surface area (TPSA) is 41.4 Å². The SMILES string of the molecule is CCN(Cc1ccc(CN(C)C)cc1)C(=O)c1ccc(-n2ccc(C(F)(F)F)n2)cc1. The van der Waals surface area contributed by atoms with E-state index in [1.54, 1.807) is 29.2 Å². The van der Waals surface area contributed by atoms with Gasteiger partial charge in [-0.2, -0.15) is 18.3 Å². The number of hydrogen-bond acceptors (Lipinski definition) is 3. The summed E-state index contributed by atoms with van der Waals surface area (Å²) in [6.07, 6.45) is -3.24. The molecule has 0 unspecified atom stereocenters. The molecule has 1 amide bonds. The smallest absolute Gasteiger partial charge is 0.335 e. The van der Waals surface area contributed by atoms with Gasteiger partial charge in [0, 0.05) is 31.4 Å². The van der Waals surface area contributed by atoms with E-state index in [0.717, 1.165) is 22.9 Å². The molecule has 0 spiro atoms. The first-order valence-electron chi connectivity index (χ1n) is 9.92. The van der Waals surface area contributed by atoms with Gasteiger partial charge in [-0.05, 0) is 62.5 Å². The molecule has 0 bridgehead atoms. The van der Waals surface area contributed by atoms with Crippen LogP contribution in [0, 0.1) is 0 Å². The van der Waals surface area contributed by atoms with E-state index in [-0.39, 0.29) is 5.91 Å². The number of carbonyl (C=O) groups is 1. The number of halogens is 3. The lowest BCUT2D eigenvalue weighted by atomic mass is 10.1. The number of rotatable bonds is 7. The number of amides is 1. The summed E-state index contributed by atoms with van der Waals surface area (Å²) in [4.78, 5) is 16.7. The summed E-state index contributed by atoms with van der Waals surface area (Å²) in [5.74, 6) is -0.136. The van der Waals surface area contributed by atoms with Crippen molar-refractivity contribution >= 4 is 5.91 Å². The zero-order chi connectivity index (χ0) is 22.6. The molecule has 3 rings (SSSR count). The average Bonchev–Trinajstić information content (AvgIpc) is 3.23. The highest BCUT2D eigenvalue weighted by atomic mass is 19.4. The molecule has 1 aromatic heterocycles. The molecule has 0 atom stereocenters. The molecule has 0 saturated heterocycles. The molecule has 8 heteroatoms. The Bertz CT molecular complexity index is 1010. The monoisotopic (exact) mass is 430 g/mol. The fourth-order valence-electron chi connectivity index (χ4n) is 3.22. The van der Waals surface area contributed by atoms with Gasteiger partial charge in [-0.15, -0.1) is 0 Å². The van der Waals surface area contributed by atoms with Crippen LogP contribution in [0.3, 0.4) is 0 Å². The zero-order valence-corrected chi connectivity index (χ0v) is 17.7. The summed E-state index contributed by atoms with van der Waals surface area (Å²) in [7, 11) is 4.02. The van der Waals surface area contributed by atoms with E-state index in [1.165, 1.54) is 11.8 Å². The first-order valence-corrected chi connectivity index (χ1v) is 9.92. The van der Waals surface area contributed by atoms with Crippen molar-refractivity contribution in [3.8, 4) is 5.69 Å². The van der Waals surface area contributed by atoms with E-state index < -0.39 is 11.9 Å². The molecule has 31 heavy (non-hydrogen) atoms. The molecule has 3 aromatic rings. The Morgan fingerprint density at radius 2 is 1.52 bits per heavy atom. The minimum absolute atomic E-state index is 0.136. The maximum Gasteiger partial charge on any atom is 0.435 e. The van der Waals surface area contributed by atoms with E-state index in [4.69, 9.17) is 0 Å². The highest BCUT2D eigenvalue weighted by Gasteiger charge is 2.33. The number of hydrogen-bond donors (Lipinski definition) is 0. The van der Waals surface area contributed by atoms with Crippen LogP contribution in [-0.4, -0.2) is 46.1 Å². The number of benzene rings is 2. The van der Waals surface area contributed by atoms with Crippen LogP contribution in [0.25, 0.3) is 5.69 Å². The first kappa shape index (κ1) is 22.6. The summed E-state index contributed by atoms with van der Waals surface area (Å²) in [5, 5.41) is 3.55. The van der Waals surface area contributed by atoms with Crippen LogP contribution in [0.4, 0.5) is 13.2 Å². The van der Waals surface area contributed by atoms with Crippen molar-refractivity contribution in [1.29, 1.82) is 0 Å². The van der Waals surface area contributed by atoms with Crippen LogP contribution in [0.2, 0.25) is 0 Å². The highest BCUT2D eigenvalue weighted by molar-refractivity contribution is 5.94. The number of carbonyl (C=O) groups excluding carboxylic acids is 1. The molecule has 0 aliphatic carbocycles. The van der Waals surface area contributed by atoms with Crippen LogP contribution in [0.15, 0.2) is 60.8 Å². The fraction of sp³-hybridized carbons (Fsp3) is 0.304. The lowest BCUT2D eigenvalue weighted by molar-refractivity contribution is -0.141. The Morgan fingerprint density at radius 1 is 0.935 bits per heavy atom. The molecule has 0 N–H and O–H groups in total. The lowest BCUT2D eigenvalue weighted by Crippen LogP contribution is -2.30. The van der Waals surface area contributed by atoms with Crippen LogP contribution < -0.4 is 0 Å². The number of nitrogens with zero attached hydrogens (tertiary/aromatic N) is 4. The van der Waals surface area contributed by atoms with Crippen LogP contribution in [0.5, 0.6) is 0 Å². The second-order valence-corrected chi connectivity index (χ2v) is 7.56. The quantitative estimate of drug-likeness (QED) is 0.550. The first-order chi connectivity index (χ1) is 14.7. The maximum absolute atomic E-state index is 12.9. The van der Waals surface area contributed by atoms with Gasteiger partial charge in [-0.1, -0.05) is 24.3 Å². The third kappa shape index (κ3) is 5.73. The third-order valence-corrected chi connectivity index (χ3v) is 4.82. The molecule has 0 aliphatic heterocycles. The summed E-state index contributed by atoms with van der Waals surface area (Å²) < 4.78 is 39.4. The number of aromatic nitrogens is 2. The fourth-order valence-corrected chi connectivity index (χ4v) is 3.22. The average molecular weight is 430 g/mol. The van der Waals surface area contributed by atoms with Gasteiger partial charge in [0.1, 0.15) is 0 Å². The van der Waals surface area contributed by atoms with Crippen molar-refractivity contribution in [2.45, 2.75) is 26.2 Å². The molecule has 2 aromatic carbocycles. The van der Waals surface area contributed by atoms with E-state index in [9.17, 15) is 18.0 Å². The van der Waals surface area contributed by atoms with Crippen LogP contribution in [0.1, 0.15) is 34.1 Å². The minimum atomic E-state index is -4.49. The molecule has 1 heterocycles. The normalized spacial score (nSPS) is 11.7. The molecule has 0 radical (unpaired) electrons. The Balaban J connectivity index is 1.70. The third-order valence-electron chi connectivity index (χ3n) is 4.82. The molecular formula is C23H25F3N4O. The van der Waals surface area contributed by atoms with Crippen molar-refractivity contribution in [3.63, 3.8) is 0 Å². The molecule has 164 valence electrons. The maximum atomic E-state index is 12.9. The van der Waals surface area contributed by atoms with Gasteiger partial charge in [0.15, 0.2) is 5.69 Å². The van der Waals surface area contributed by atoms with Crippen molar-refractivity contribution in [2.75, 3.05) is 20.6 Å². The molecule has 0 aliphatic rings. The standard InChI is InChI=1S/C23H25F3N4O/c1-4-29(16-18-7-5-17(6-8-18)15-28(2)3)22(31)19-9-11-20(12-10-19)30-14-13-21(27-30)23(24,25)26/h5-14H,4,15-16H2,1-3H3. The Morgan fingerprint density at radius 3 is 2.00 bits per heavy atom. The van der Waals surface area contributed by atoms with E-state index >= 15 is 0 Å². The summed E-state index contributed by atoms with van der Waals surface area (Å²) in [5.41, 5.74) is 2.20. The van der Waals surface area contributed by atoms with Gasteiger partial charge in [0.25, 0.3) is 5.91 Å². The van der Waals surface area contributed by atoms with Gasteiger partial charge < -0.3 is 9.80 Å². The van der Waals surface area contributed by atoms with Gasteiger partial charge >= 0.3 is 6.18 Å². The molecule has 0 fully saturated rings. The molecular weight excluding hydrogens is 405 g/mol. The Kier molecular flexibility index (Phi) is 6.80. The summed E-state index contributed by atoms with van der Waals surface area (Å²) >= 11 is 0. The van der Waals surface area contributed by atoms with Crippen molar-refractivity contribution in [2.24, 2.45) is 0 Å². The van der Waals surface area contributed by atoms with E-state index in [2.05, 4.69) is 22.1 Å². The van der Waals surface area contributed by atoms with Gasteiger partial charge in [-0.25, -0.2) is 4.68 Å². The number of alkyl halides is 3. The van der Waals surface area contributed by atoms with Crippen LogP contribution >= 0.6 is 0 Å². The predicted molar refractivity (Wildman–Crippen MR) is 113 cm³/mol. The summed E-state index contributed by atoms with van der Waals surface area (Å²) in [6.45, 7) is 3.78. The van der Waals surface area contributed by atoms with Crippen LogP contribution in [-0.2, 0) is 19.3 Å². The van der Waals surface area contributed by atoms with E-state index in [0.29, 0.717) is 24.3 Å². The molecule has 0 saturated carbocycles. The predicted octanol–water partition coefficient (Wildman–Crippen LogP) is 4.62. The lowest BCUT2D eigenvalue weighted by Gasteiger charge is -2.21. The molecule has 5 nitrogen and oxygen atoms in total. The minimum Gasteiger partial charge on any atom is -0.335 e. The second kappa shape index (κ2) is 9.34. The second-order valence-electron chi connectivity index (χ2n) is 7.56. The Labute approximate surface area is 179 Å². The largest absolute Gasteiger partial charge is 0.435 e. The Hall–Kier alpha value is -3.13. The van der Waals surface area contributed by atoms with Crippen molar-refractivity contribution in [3.05, 3.63) is 83.2 Å². The van der Waals surface area contributed by atoms with Gasteiger partial charge in [0.2, 0.25) is 0 Å². The zero-order valence-electron chi connectivity index (χ0n) is 17.7. The van der Waals surface area contributed by atoms with Crippen molar-refractivity contribution in [1.82, 2.24) is 19.6 Å². The highest BCUT2D eigenvalue weighted by Crippen LogP contribution is 2.28.